The van der Waals surface area contributed by atoms with Gasteiger partial charge in [-0.3, -0.25) is 4.90 Å². The Morgan fingerprint density at radius 1 is 1.40 bits per heavy atom. The molecule has 0 N–H and O–H groups in total. The molecular weight excluding hydrogens is 141 g/mol. The summed E-state index contributed by atoms with van der Waals surface area (Å²) in [6, 6.07) is 0. The molecule has 0 saturated heterocycles. The standard InChI is InChI=1S/C5H12NO.2CH3.Al/c1-4-5(7)6(2)3;;;/h5H,4H2,1-3H3;2*1H3;/q-1;;;+1. The molecule has 0 amide bonds. The lowest BCUT2D eigenvalue weighted by molar-refractivity contribution is 0.0606. The van der Waals surface area contributed by atoms with Crippen LogP contribution in [0.4, 0.5) is 0 Å². The summed E-state index contributed by atoms with van der Waals surface area (Å²) < 4.78 is 5.73. The third-order valence-corrected chi connectivity index (χ3v) is 2.21. The van der Waals surface area contributed by atoms with Crippen LogP contribution in [0.3, 0.4) is 0 Å². The average Bonchev–Trinajstić information content (AvgIpc) is 1.81. The molecule has 3 heteroatoms. The molecule has 1 unspecified atom stereocenters. The fraction of sp³-hybridized carbons (Fsp3) is 1.00. The minimum atomic E-state index is -0.844. The van der Waals surface area contributed by atoms with E-state index in [1.165, 1.54) is 0 Å². The first-order valence-corrected chi connectivity index (χ1v) is 6.67. The van der Waals surface area contributed by atoms with Crippen LogP contribution in [-0.2, 0) is 3.79 Å². The van der Waals surface area contributed by atoms with Crippen molar-refractivity contribution in [2.75, 3.05) is 14.1 Å². The van der Waals surface area contributed by atoms with E-state index in [9.17, 15) is 0 Å². The second-order valence-electron chi connectivity index (χ2n) is 3.01. The van der Waals surface area contributed by atoms with E-state index in [-0.39, 0.29) is 0 Å². The Kier molecular flexibility index (Phi) is 5.38. The van der Waals surface area contributed by atoms with Crippen LogP contribution in [0.2, 0.25) is 11.6 Å². The molecule has 0 heterocycles. The zero-order valence-corrected chi connectivity index (χ0v) is 8.87. The minimum absolute atomic E-state index is 0.340. The molecule has 0 aromatic carbocycles. The lowest BCUT2D eigenvalue weighted by Crippen LogP contribution is -2.33. The summed E-state index contributed by atoms with van der Waals surface area (Å²) >= 11 is -0.844. The van der Waals surface area contributed by atoms with Gasteiger partial charge < -0.3 is 3.79 Å². The third-order valence-electron chi connectivity index (χ3n) is 1.35. The van der Waals surface area contributed by atoms with Gasteiger partial charge in [0.25, 0.3) is 0 Å². The lowest BCUT2D eigenvalue weighted by Gasteiger charge is -2.25. The van der Waals surface area contributed by atoms with Gasteiger partial charge in [-0.1, -0.05) is 18.5 Å². The van der Waals surface area contributed by atoms with Gasteiger partial charge in [0.05, 0.1) is 6.23 Å². The van der Waals surface area contributed by atoms with E-state index in [0.717, 1.165) is 6.42 Å². The van der Waals surface area contributed by atoms with Gasteiger partial charge in [-0.15, -0.1) is 0 Å². The van der Waals surface area contributed by atoms with Gasteiger partial charge in [-0.25, -0.2) is 0 Å². The number of rotatable bonds is 4. The Bertz CT molecular complexity index is 85.7. The molecule has 0 saturated carbocycles. The maximum Gasteiger partial charge on any atom is 0.455 e. The summed E-state index contributed by atoms with van der Waals surface area (Å²) in [4.78, 5) is 2.13. The quantitative estimate of drug-likeness (QED) is 0.456. The number of hydrogen-bond acceptors (Lipinski definition) is 2. The topological polar surface area (TPSA) is 12.5 Å². The highest BCUT2D eigenvalue weighted by Crippen LogP contribution is 2.02. The monoisotopic (exact) mass is 159 g/mol. The zero-order valence-electron chi connectivity index (χ0n) is 7.72. The van der Waals surface area contributed by atoms with Crippen molar-refractivity contribution in [3.8, 4) is 0 Å². The highest BCUT2D eigenvalue weighted by atomic mass is 27.2. The van der Waals surface area contributed by atoms with Gasteiger partial charge in [-0.05, 0) is 20.5 Å². The van der Waals surface area contributed by atoms with Crippen molar-refractivity contribution in [1.29, 1.82) is 0 Å². The van der Waals surface area contributed by atoms with Crippen LogP contribution in [0, 0.1) is 0 Å². The van der Waals surface area contributed by atoms with Crippen molar-refractivity contribution in [1.82, 2.24) is 4.90 Å². The molecule has 60 valence electrons. The Labute approximate surface area is 68.9 Å². The molecule has 0 aliphatic heterocycles. The van der Waals surface area contributed by atoms with Crippen LogP contribution >= 0.6 is 0 Å². The molecule has 0 aliphatic carbocycles. The van der Waals surface area contributed by atoms with E-state index < -0.39 is 14.5 Å². The Morgan fingerprint density at radius 3 is 2.00 bits per heavy atom. The summed E-state index contributed by atoms with van der Waals surface area (Å²) in [5.41, 5.74) is 0. The molecule has 0 bridgehead atoms. The van der Waals surface area contributed by atoms with Crippen LogP contribution < -0.4 is 0 Å². The predicted octanol–water partition coefficient (Wildman–Crippen LogP) is 1.55. The van der Waals surface area contributed by atoms with Crippen LogP contribution in [0.5, 0.6) is 0 Å². The van der Waals surface area contributed by atoms with Gasteiger partial charge in [0.2, 0.25) is 0 Å². The van der Waals surface area contributed by atoms with Crippen molar-refractivity contribution in [2.24, 2.45) is 0 Å². The number of nitrogens with zero attached hydrogens (tertiary/aromatic N) is 1. The van der Waals surface area contributed by atoms with Crippen LogP contribution in [-0.4, -0.2) is 39.7 Å². The van der Waals surface area contributed by atoms with E-state index in [1.807, 2.05) is 0 Å². The molecule has 0 spiro atoms. The van der Waals surface area contributed by atoms with Gasteiger partial charge in [0.1, 0.15) is 0 Å². The molecular formula is C7H18AlNO. The van der Waals surface area contributed by atoms with Gasteiger partial charge in [0, 0.05) is 0 Å². The SMILES string of the molecule is CCC([O][Al]([CH3])[CH3])N(C)C. The van der Waals surface area contributed by atoms with Gasteiger partial charge in [-0.2, -0.15) is 0 Å². The first-order chi connectivity index (χ1) is 4.57. The predicted molar refractivity (Wildman–Crippen MR) is 46.3 cm³/mol. The van der Waals surface area contributed by atoms with Crippen molar-refractivity contribution in [3.63, 3.8) is 0 Å². The highest BCUT2D eigenvalue weighted by molar-refractivity contribution is 6.48. The Hall–Kier alpha value is 0.452. The largest absolute Gasteiger partial charge is 0.487 e. The summed E-state index contributed by atoms with van der Waals surface area (Å²) in [6.45, 7) is 2.15. The first kappa shape index (κ1) is 10.5. The van der Waals surface area contributed by atoms with Crippen LogP contribution in [0.1, 0.15) is 13.3 Å². The van der Waals surface area contributed by atoms with E-state index in [0.29, 0.717) is 6.23 Å². The van der Waals surface area contributed by atoms with Gasteiger partial charge in [0.15, 0.2) is 0 Å². The second kappa shape index (κ2) is 5.15. The molecule has 2 nitrogen and oxygen atoms in total. The normalized spacial score (nSPS) is 13.8. The zero-order chi connectivity index (χ0) is 8.15. The second-order valence-corrected chi connectivity index (χ2v) is 5.38. The van der Waals surface area contributed by atoms with Crippen molar-refractivity contribution in [3.05, 3.63) is 0 Å². The smallest absolute Gasteiger partial charge is 0.455 e. The molecule has 0 rings (SSSR count). The minimum Gasteiger partial charge on any atom is -0.487 e. The molecule has 0 fully saturated rings. The Morgan fingerprint density at radius 2 is 1.90 bits per heavy atom. The summed E-state index contributed by atoms with van der Waals surface area (Å²) in [6.07, 6.45) is 1.42. The van der Waals surface area contributed by atoms with Crippen molar-refractivity contribution in [2.45, 2.75) is 31.1 Å². The molecule has 0 radical (unpaired) electrons. The lowest BCUT2D eigenvalue weighted by atomic mass is 10.4. The van der Waals surface area contributed by atoms with E-state index >= 15 is 0 Å². The van der Waals surface area contributed by atoms with Crippen molar-refractivity contribution < 1.29 is 3.79 Å². The van der Waals surface area contributed by atoms with Gasteiger partial charge >= 0.3 is 14.5 Å². The number of hydrogen-bond donors (Lipinski definition) is 0. The molecule has 0 aromatic rings. The van der Waals surface area contributed by atoms with E-state index in [4.69, 9.17) is 3.79 Å². The molecule has 1 atom stereocenters. The maximum atomic E-state index is 5.73. The molecule has 0 aromatic heterocycles. The third kappa shape index (κ3) is 4.30. The van der Waals surface area contributed by atoms with Crippen LogP contribution in [0.25, 0.3) is 0 Å². The summed E-state index contributed by atoms with van der Waals surface area (Å²) in [5, 5.41) is 0. The van der Waals surface area contributed by atoms with Crippen LogP contribution in [0.15, 0.2) is 0 Å². The van der Waals surface area contributed by atoms with E-state index in [2.05, 4.69) is 37.5 Å². The fourth-order valence-corrected chi connectivity index (χ4v) is 1.96. The highest BCUT2D eigenvalue weighted by Gasteiger charge is 2.13. The summed E-state index contributed by atoms with van der Waals surface area (Å²) in [5.74, 6) is 4.40. The van der Waals surface area contributed by atoms with Crippen molar-refractivity contribution >= 4 is 14.5 Å². The molecule has 10 heavy (non-hydrogen) atoms. The average molecular weight is 159 g/mol. The maximum absolute atomic E-state index is 5.73. The fourth-order valence-electron chi connectivity index (χ4n) is 0.897. The molecule has 0 aliphatic rings. The van der Waals surface area contributed by atoms with E-state index in [1.54, 1.807) is 0 Å². The Balaban J connectivity index is 3.60. The first-order valence-electron chi connectivity index (χ1n) is 3.89. The summed E-state index contributed by atoms with van der Waals surface area (Å²) in [7, 11) is 4.12.